The highest BCUT2D eigenvalue weighted by atomic mass is 35.5. The molecule has 0 unspecified atom stereocenters. The van der Waals surface area contributed by atoms with Crippen molar-refractivity contribution in [2.75, 3.05) is 0 Å². The molecule has 0 radical (unpaired) electrons. The monoisotopic (exact) mass is 577 g/mol. The van der Waals surface area contributed by atoms with E-state index in [0.717, 1.165) is 23.1 Å². The van der Waals surface area contributed by atoms with Gasteiger partial charge in [0.2, 0.25) is 0 Å². The molecule has 0 amide bonds. The quantitative estimate of drug-likeness (QED) is 0.204. The number of alkyl halides is 3. The number of ether oxygens (including phenoxy) is 1. The first-order chi connectivity index (χ1) is 16.7. The maximum atomic E-state index is 12.9. The van der Waals surface area contributed by atoms with Crippen molar-refractivity contribution in [2.45, 2.75) is 49.6 Å². The lowest BCUT2D eigenvalue weighted by atomic mass is 10.1. The molecule has 0 saturated heterocycles. The SMILES string of the molecule is Cc1nc(-c2ccc(OC(F)(F)F)cc2)sc1C(=O)CCc1ccc(SC(C)(C)C(=O)O)c(Cl)c1Cl. The van der Waals surface area contributed by atoms with Crippen LogP contribution >= 0.6 is 46.3 Å². The highest BCUT2D eigenvalue weighted by molar-refractivity contribution is 8.01. The normalized spacial score (nSPS) is 12.0. The lowest BCUT2D eigenvalue weighted by molar-refractivity contribution is -0.274. The Morgan fingerprint density at radius 3 is 2.31 bits per heavy atom. The summed E-state index contributed by atoms with van der Waals surface area (Å²) in [7, 11) is 0. The maximum Gasteiger partial charge on any atom is 0.573 e. The minimum atomic E-state index is -4.78. The topological polar surface area (TPSA) is 76.5 Å². The third-order valence-corrected chi connectivity index (χ3v) is 8.54. The van der Waals surface area contributed by atoms with Crippen molar-refractivity contribution in [3.8, 4) is 16.3 Å². The minimum absolute atomic E-state index is 0.129. The summed E-state index contributed by atoms with van der Waals surface area (Å²) in [6, 6.07) is 8.67. The number of aliphatic carboxylic acids is 1. The van der Waals surface area contributed by atoms with Crippen LogP contribution in [0.5, 0.6) is 5.75 Å². The van der Waals surface area contributed by atoms with E-state index in [-0.39, 0.29) is 28.0 Å². The second-order valence-corrected chi connectivity index (χ2v) is 11.6. The number of halogens is 5. The van der Waals surface area contributed by atoms with Crippen molar-refractivity contribution < 1.29 is 32.6 Å². The summed E-state index contributed by atoms with van der Waals surface area (Å²) < 4.78 is 39.8. The fraction of sp³-hybridized carbons (Fsp3) is 0.292. The molecule has 2 aromatic carbocycles. The smallest absolute Gasteiger partial charge is 0.480 e. The fourth-order valence-electron chi connectivity index (χ4n) is 3.10. The molecule has 0 aliphatic rings. The Labute approximate surface area is 223 Å². The van der Waals surface area contributed by atoms with Crippen LogP contribution in [0.25, 0.3) is 10.6 Å². The van der Waals surface area contributed by atoms with E-state index in [1.165, 1.54) is 24.3 Å². The van der Waals surface area contributed by atoms with Gasteiger partial charge >= 0.3 is 12.3 Å². The Morgan fingerprint density at radius 2 is 1.72 bits per heavy atom. The summed E-state index contributed by atoms with van der Waals surface area (Å²) in [4.78, 5) is 29.7. The molecule has 5 nitrogen and oxygen atoms in total. The zero-order valence-corrected chi connectivity index (χ0v) is 22.3. The molecule has 36 heavy (non-hydrogen) atoms. The molecule has 3 rings (SSSR count). The molecule has 0 saturated carbocycles. The molecule has 0 aliphatic heterocycles. The molecule has 0 bridgehead atoms. The van der Waals surface area contributed by atoms with E-state index < -0.39 is 17.1 Å². The molecule has 12 heteroatoms. The zero-order valence-electron chi connectivity index (χ0n) is 19.2. The number of carboxylic acids is 1. The number of nitrogens with zero attached hydrogens (tertiary/aromatic N) is 1. The highest BCUT2D eigenvalue weighted by Gasteiger charge is 2.31. The molecule has 1 N–H and O–H groups in total. The van der Waals surface area contributed by atoms with E-state index in [0.29, 0.717) is 38.0 Å². The maximum absolute atomic E-state index is 12.9. The first kappa shape index (κ1) is 28.3. The van der Waals surface area contributed by atoms with Crippen molar-refractivity contribution >= 4 is 58.1 Å². The van der Waals surface area contributed by atoms with Crippen LogP contribution in [0.2, 0.25) is 10.0 Å². The number of thiazole rings is 1. The van der Waals surface area contributed by atoms with Crippen molar-refractivity contribution in [3.63, 3.8) is 0 Å². The van der Waals surface area contributed by atoms with Crippen LogP contribution in [0.4, 0.5) is 13.2 Å². The predicted octanol–water partition coefficient (Wildman–Crippen LogP) is 8.09. The zero-order chi connectivity index (χ0) is 26.8. The number of carbonyl (C=O) groups excluding carboxylic acids is 1. The number of aryl methyl sites for hydroxylation is 2. The number of carboxylic acid groups (broad SMARTS) is 1. The number of hydrogen-bond acceptors (Lipinski definition) is 6. The number of carbonyl (C=O) groups is 2. The van der Waals surface area contributed by atoms with E-state index in [9.17, 15) is 27.9 Å². The van der Waals surface area contributed by atoms with Gasteiger partial charge in [0, 0.05) is 16.9 Å². The van der Waals surface area contributed by atoms with Gasteiger partial charge in [-0.2, -0.15) is 0 Å². The van der Waals surface area contributed by atoms with E-state index in [1.54, 1.807) is 32.9 Å². The summed E-state index contributed by atoms with van der Waals surface area (Å²) >= 11 is 15.0. The standard InChI is InChI=1S/C24H20Cl2F3NO4S2/c1-12-20(35-21(30-12)14-4-8-15(9-5-14)34-24(27,28)29)16(31)10-6-13-7-11-17(19(26)18(13)25)36-23(2,3)22(32)33/h4-5,7-9,11H,6,10H2,1-3H3,(H,32,33). The van der Waals surface area contributed by atoms with Gasteiger partial charge in [0.05, 0.1) is 20.6 Å². The summed E-state index contributed by atoms with van der Waals surface area (Å²) in [5.41, 5.74) is 1.72. The number of thioether (sulfide) groups is 1. The largest absolute Gasteiger partial charge is 0.573 e. The average molecular weight is 578 g/mol. The van der Waals surface area contributed by atoms with Gasteiger partial charge in [-0.1, -0.05) is 29.3 Å². The van der Waals surface area contributed by atoms with Crippen molar-refractivity contribution in [1.82, 2.24) is 4.98 Å². The molecule has 1 heterocycles. The van der Waals surface area contributed by atoms with Gasteiger partial charge in [0.15, 0.2) is 5.78 Å². The van der Waals surface area contributed by atoms with Crippen LogP contribution in [0.1, 0.15) is 41.2 Å². The van der Waals surface area contributed by atoms with E-state index in [4.69, 9.17) is 23.2 Å². The first-order valence-corrected chi connectivity index (χ1v) is 12.8. The van der Waals surface area contributed by atoms with Crippen molar-refractivity contribution in [1.29, 1.82) is 0 Å². The van der Waals surface area contributed by atoms with Gasteiger partial charge < -0.3 is 9.84 Å². The average Bonchev–Trinajstić information content (AvgIpc) is 3.17. The molecule has 192 valence electrons. The van der Waals surface area contributed by atoms with Crippen LogP contribution in [0.15, 0.2) is 41.3 Å². The Kier molecular flexibility index (Phi) is 8.65. The Hall–Kier alpha value is -2.27. The first-order valence-electron chi connectivity index (χ1n) is 10.4. The Morgan fingerprint density at radius 1 is 1.08 bits per heavy atom. The second kappa shape index (κ2) is 11.0. The third-order valence-electron chi connectivity index (χ3n) is 5.01. The Bertz CT molecular complexity index is 1290. The Balaban J connectivity index is 1.71. The van der Waals surface area contributed by atoms with Crippen LogP contribution in [0, 0.1) is 6.92 Å². The van der Waals surface area contributed by atoms with Gasteiger partial charge in [-0.15, -0.1) is 36.3 Å². The van der Waals surface area contributed by atoms with Crippen LogP contribution in [-0.2, 0) is 11.2 Å². The molecule has 0 atom stereocenters. The van der Waals surface area contributed by atoms with Gasteiger partial charge in [-0.25, -0.2) is 4.98 Å². The number of aromatic nitrogens is 1. The molecular weight excluding hydrogens is 558 g/mol. The fourth-order valence-corrected chi connectivity index (χ4v) is 5.72. The van der Waals surface area contributed by atoms with Gasteiger partial charge in [-0.05, 0) is 63.1 Å². The summed E-state index contributed by atoms with van der Waals surface area (Å²) in [6.45, 7) is 4.81. The van der Waals surface area contributed by atoms with Crippen LogP contribution in [0.3, 0.4) is 0 Å². The number of Topliss-reactive ketones (excluding diaryl/α,β-unsaturated/α-hetero) is 1. The number of hydrogen-bond donors (Lipinski definition) is 1. The van der Waals surface area contributed by atoms with Gasteiger partial charge in [0.1, 0.15) is 15.5 Å². The number of ketones is 1. The number of rotatable bonds is 9. The van der Waals surface area contributed by atoms with Crippen LogP contribution < -0.4 is 4.74 Å². The predicted molar refractivity (Wildman–Crippen MR) is 136 cm³/mol. The molecular formula is C24H20Cl2F3NO4S2. The molecule has 0 aliphatic carbocycles. The minimum Gasteiger partial charge on any atom is -0.480 e. The number of benzene rings is 2. The summed E-state index contributed by atoms with van der Waals surface area (Å²) in [5, 5.41) is 10.3. The van der Waals surface area contributed by atoms with Gasteiger partial charge in [-0.3, -0.25) is 9.59 Å². The van der Waals surface area contributed by atoms with Crippen LogP contribution in [-0.4, -0.2) is 33.0 Å². The van der Waals surface area contributed by atoms with E-state index in [1.807, 2.05) is 0 Å². The van der Waals surface area contributed by atoms with Crippen molar-refractivity contribution in [2.24, 2.45) is 0 Å². The lowest BCUT2D eigenvalue weighted by Crippen LogP contribution is -2.26. The molecule has 0 spiro atoms. The lowest BCUT2D eigenvalue weighted by Gasteiger charge is -2.20. The molecule has 1 aromatic heterocycles. The summed E-state index contributed by atoms with van der Waals surface area (Å²) in [6.07, 6.45) is -4.34. The second-order valence-electron chi connectivity index (χ2n) is 8.20. The molecule has 3 aromatic rings. The van der Waals surface area contributed by atoms with Crippen molar-refractivity contribution in [3.05, 3.63) is 62.6 Å². The molecule has 0 fully saturated rings. The van der Waals surface area contributed by atoms with E-state index >= 15 is 0 Å². The van der Waals surface area contributed by atoms with Gasteiger partial charge in [0.25, 0.3) is 0 Å². The third kappa shape index (κ3) is 6.94. The summed E-state index contributed by atoms with van der Waals surface area (Å²) in [5.74, 6) is -1.49. The highest BCUT2D eigenvalue weighted by Crippen LogP contribution is 2.41. The van der Waals surface area contributed by atoms with E-state index in [2.05, 4.69) is 9.72 Å².